The number of carboxylic acid groups (broad SMARTS) is 1. The molecule has 7 heteroatoms. The van der Waals surface area contributed by atoms with Crippen LogP contribution in [0.3, 0.4) is 0 Å². The lowest BCUT2D eigenvalue weighted by atomic mass is 9.87. The van der Waals surface area contributed by atoms with Gasteiger partial charge in [-0.1, -0.05) is 37.3 Å². The van der Waals surface area contributed by atoms with Crippen LogP contribution in [0.1, 0.15) is 36.4 Å². The quantitative estimate of drug-likeness (QED) is 0.711. The third-order valence-corrected chi connectivity index (χ3v) is 3.98. The number of amides is 2. The van der Waals surface area contributed by atoms with Crippen LogP contribution in [0.2, 0.25) is 0 Å². The zero-order valence-corrected chi connectivity index (χ0v) is 14.0. The van der Waals surface area contributed by atoms with Crippen molar-refractivity contribution in [3.05, 3.63) is 60.1 Å². The number of carbonyl (C=O) groups excluding carboxylic acids is 2. The normalized spacial score (nSPS) is 14.2. The summed E-state index contributed by atoms with van der Waals surface area (Å²) in [5, 5.41) is 14.8. The monoisotopic (exact) mass is 344 g/mol. The van der Waals surface area contributed by atoms with Gasteiger partial charge in [0.25, 0.3) is 5.91 Å². The molecule has 0 aliphatic rings. The molecule has 2 atom stereocenters. The van der Waals surface area contributed by atoms with Gasteiger partial charge >= 0.3 is 5.97 Å². The average Bonchev–Trinajstić information content (AvgIpc) is 3.14. The van der Waals surface area contributed by atoms with Gasteiger partial charge in [-0.15, -0.1) is 0 Å². The van der Waals surface area contributed by atoms with Crippen molar-refractivity contribution in [1.82, 2.24) is 10.6 Å². The van der Waals surface area contributed by atoms with Crippen molar-refractivity contribution in [2.24, 2.45) is 0 Å². The lowest BCUT2D eigenvalue weighted by Crippen LogP contribution is -2.56. The first-order valence-corrected chi connectivity index (χ1v) is 7.86. The molecule has 0 bridgehead atoms. The number of benzene rings is 1. The summed E-state index contributed by atoms with van der Waals surface area (Å²) in [6.45, 7) is 3.15. The van der Waals surface area contributed by atoms with Crippen molar-refractivity contribution in [2.45, 2.75) is 31.8 Å². The predicted molar refractivity (Wildman–Crippen MR) is 89.8 cm³/mol. The Hall–Kier alpha value is -3.09. The topological polar surface area (TPSA) is 109 Å². The first kappa shape index (κ1) is 18.3. The van der Waals surface area contributed by atoms with Crippen LogP contribution in [0.5, 0.6) is 0 Å². The maximum absolute atomic E-state index is 12.5. The highest BCUT2D eigenvalue weighted by atomic mass is 16.4. The Morgan fingerprint density at radius 1 is 1.16 bits per heavy atom. The van der Waals surface area contributed by atoms with Gasteiger partial charge < -0.3 is 20.2 Å². The van der Waals surface area contributed by atoms with E-state index in [0.717, 1.165) is 0 Å². The van der Waals surface area contributed by atoms with E-state index in [1.807, 2.05) is 0 Å². The van der Waals surface area contributed by atoms with Gasteiger partial charge in [0.1, 0.15) is 6.04 Å². The Bertz CT molecular complexity index is 742. The third-order valence-electron chi connectivity index (χ3n) is 3.98. The maximum Gasteiger partial charge on any atom is 0.334 e. The number of hydrogen-bond donors (Lipinski definition) is 3. The van der Waals surface area contributed by atoms with E-state index in [4.69, 9.17) is 4.42 Å². The Morgan fingerprint density at radius 3 is 2.36 bits per heavy atom. The van der Waals surface area contributed by atoms with Crippen LogP contribution < -0.4 is 10.6 Å². The summed E-state index contributed by atoms with van der Waals surface area (Å²) in [7, 11) is 0. The van der Waals surface area contributed by atoms with Crippen LogP contribution in [-0.2, 0) is 15.1 Å². The van der Waals surface area contributed by atoms with E-state index in [1.165, 1.54) is 19.3 Å². The molecular weight excluding hydrogens is 324 g/mol. The van der Waals surface area contributed by atoms with Crippen molar-refractivity contribution in [2.75, 3.05) is 0 Å². The Morgan fingerprint density at radius 2 is 1.84 bits per heavy atom. The number of nitrogens with one attached hydrogen (secondary N) is 2. The minimum absolute atomic E-state index is 0.0719. The highest BCUT2D eigenvalue weighted by molar-refractivity contribution is 5.96. The fourth-order valence-corrected chi connectivity index (χ4v) is 2.48. The van der Waals surface area contributed by atoms with Crippen LogP contribution in [0, 0.1) is 0 Å². The van der Waals surface area contributed by atoms with Crippen LogP contribution in [0.15, 0.2) is 53.1 Å². The highest BCUT2D eigenvalue weighted by Gasteiger charge is 2.41. The maximum atomic E-state index is 12.5. The molecule has 0 saturated carbocycles. The molecule has 0 fully saturated rings. The Balaban J connectivity index is 2.17. The first-order chi connectivity index (χ1) is 11.9. The molecule has 0 aliphatic heterocycles. The number of carbonyl (C=O) groups is 3. The lowest BCUT2D eigenvalue weighted by molar-refractivity contribution is -0.148. The molecular formula is C18H20N2O5. The summed E-state index contributed by atoms with van der Waals surface area (Å²) in [4.78, 5) is 36.3. The van der Waals surface area contributed by atoms with E-state index in [1.54, 1.807) is 43.3 Å². The molecule has 2 unspecified atom stereocenters. The SMILES string of the molecule is CCC(NC(=O)C(C)NC(=O)c1ccco1)(C(=O)O)c1ccccc1. The zero-order valence-electron chi connectivity index (χ0n) is 14.0. The van der Waals surface area contributed by atoms with E-state index >= 15 is 0 Å². The van der Waals surface area contributed by atoms with Crippen LogP contribution in [0.25, 0.3) is 0 Å². The van der Waals surface area contributed by atoms with Crippen molar-refractivity contribution in [3.63, 3.8) is 0 Å². The summed E-state index contributed by atoms with van der Waals surface area (Å²) >= 11 is 0. The Kier molecular flexibility index (Phi) is 5.59. The van der Waals surface area contributed by atoms with E-state index in [9.17, 15) is 19.5 Å². The smallest absolute Gasteiger partial charge is 0.334 e. The largest absolute Gasteiger partial charge is 0.479 e. The van der Waals surface area contributed by atoms with E-state index in [2.05, 4.69) is 10.6 Å². The molecule has 25 heavy (non-hydrogen) atoms. The summed E-state index contributed by atoms with van der Waals surface area (Å²) in [6.07, 6.45) is 1.50. The second-order valence-electron chi connectivity index (χ2n) is 5.59. The number of aliphatic carboxylic acids is 1. The second-order valence-corrected chi connectivity index (χ2v) is 5.59. The first-order valence-electron chi connectivity index (χ1n) is 7.86. The molecule has 132 valence electrons. The van der Waals surface area contributed by atoms with Gasteiger partial charge in [0.2, 0.25) is 5.91 Å². The van der Waals surface area contributed by atoms with E-state index < -0.39 is 29.4 Å². The molecule has 3 N–H and O–H groups in total. The van der Waals surface area contributed by atoms with Gasteiger partial charge in [0.05, 0.1) is 6.26 Å². The minimum atomic E-state index is -1.57. The summed E-state index contributed by atoms with van der Waals surface area (Å²) in [5.74, 6) is -2.25. The van der Waals surface area contributed by atoms with E-state index in [0.29, 0.717) is 5.56 Å². The van der Waals surface area contributed by atoms with Crippen molar-refractivity contribution >= 4 is 17.8 Å². The Labute approximate surface area is 145 Å². The van der Waals surface area contributed by atoms with Crippen molar-refractivity contribution in [3.8, 4) is 0 Å². The molecule has 0 saturated heterocycles. The molecule has 0 spiro atoms. The van der Waals surface area contributed by atoms with Gasteiger partial charge in [0, 0.05) is 0 Å². The third kappa shape index (κ3) is 3.88. The molecule has 2 amide bonds. The zero-order chi connectivity index (χ0) is 18.4. The van der Waals surface area contributed by atoms with Crippen LogP contribution in [0.4, 0.5) is 0 Å². The number of furan rings is 1. The average molecular weight is 344 g/mol. The van der Waals surface area contributed by atoms with Crippen LogP contribution in [-0.4, -0.2) is 28.9 Å². The molecule has 1 aromatic carbocycles. The van der Waals surface area contributed by atoms with Gasteiger partial charge in [-0.2, -0.15) is 0 Å². The molecule has 2 rings (SSSR count). The fourth-order valence-electron chi connectivity index (χ4n) is 2.48. The molecule has 7 nitrogen and oxygen atoms in total. The molecule has 0 aliphatic carbocycles. The standard InChI is InChI=1S/C18H20N2O5/c1-3-18(17(23)24,13-8-5-4-6-9-13)20-15(21)12(2)19-16(22)14-10-7-11-25-14/h4-12H,3H2,1-2H3,(H,19,22)(H,20,21)(H,23,24). The number of rotatable bonds is 7. The summed E-state index contributed by atoms with van der Waals surface area (Å²) in [6, 6.07) is 10.5. The second kappa shape index (κ2) is 7.65. The summed E-state index contributed by atoms with van der Waals surface area (Å²) in [5.41, 5.74) is -1.11. The molecule has 1 aromatic heterocycles. The molecule has 2 aromatic rings. The highest BCUT2D eigenvalue weighted by Crippen LogP contribution is 2.25. The van der Waals surface area contributed by atoms with E-state index in [-0.39, 0.29) is 12.2 Å². The van der Waals surface area contributed by atoms with Gasteiger partial charge in [0.15, 0.2) is 11.3 Å². The molecule has 0 radical (unpaired) electrons. The number of hydrogen-bond acceptors (Lipinski definition) is 4. The fraction of sp³-hybridized carbons (Fsp3) is 0.278. The van der Waals surface area contributed by atoms with Crippen LogP contribution >= 0.6 is 0 Å². The van der Waals surface area contributed by atoms with Crippen molar-refractivity contribution in [1.29, 1.82) is 0 Å². The molecule has 1 heterocycles. The lowest BCUT2D eigenvalue weighted by Gasteiger charge is -2.31. The summed E-state index contributed by atoms with van der Waals surface area (Å²) < 4.78 is 4.97. The minimum Gasteiger partial charge on any atom is -0.479 e. The van der Waals surface area contributed by atoms with Gasteiger partial charge in [-0.25, -0.2) is 4.79 Å². The number of carboxylic acids is 1. The van der Waals surface area contributed by atoms with Gasteiger partial charge in [-0.05, 0) is 31.0 Å². The van der Waals surface area contributed by atoms with Gasteiger partial charge in [-0.3, -0.25) is 9.59 Å². The van der Waals surface area contributed by atoms with Crippen molar-refractivity contribution < 1.29 is 23.9 Å². The predicted octanol–water partition coefficient (Wildman–Crippen LogP) is 1.90.